The minimum atomic E-state index is -0.118. The third-order valence-corrected chi connectivity index (χ3v) is 15.5. The fraction of sp³-hybridized carbons (Fsp3) is 0.164. The van der Waals surface area contributed by atoms with Gasteiger partial charge in [0.05, 0.1) is 10.5 Å². The fourth-order valence-electron chi connectivity index (χ4n) is 11.3. The van der Waals surface area contributed by atoms with E-state index in [2.05, 4.69) is 201 Å². The van der Waals surface area contributed by atoms with Crippen molar-refractivity contribution in [3.05, 3.63) is 168 Å². The summed E-state index contributed by atoms with van der Waals surface area (Å²) in [6.07, 6.45) is 2.32. The topological polar surface area (TPSA) is 24.6 Å². The van der Waals surface area contributed by atoms with E-state index in [0.29, 0.717) is 0 Å². The van der Waals surface area contributed by atoms with Crippen LogP contribution in [0.2, 0.25) is 0 Å². The number of thiophene rings is 1. The Bertz CT molecular complexity index is 3430. The van der Waals surface area contributed by atoms with Gasteiger partial charge >= 0.3 is 6.85 Å². The van der Waals surface area contributed by atoms with E-state index in [1.54, 1.807) is 0 Å². The van der Waals surface area contributed by atoms with Gasteiger partial charge in [-0.05, 0) is 113 Å². The van der Waals surface area contributed by atoms with Crippen LogP contribution in [0, 0.1) is 6.92 Å². The maximum absolute atomic E-state index is 7.31. The van der Waals surface area contributed by atoms with Gasteiger partial charge in [-0.25, -0.2) is 0 Å². The standard InChI is InChI=1S/C55H44BN3OS/c1-33-29-42-43(55(4,5)28-27-54(42,2)3)32-44(33)58-45-31-36(57(34-17-8-6-9-18-34)35-19-10-7-11-20-35)30-41-37-23-16-24-40-48-39-22-13-15-26-47(39)61-53(48)59(51(37)40)56(49(41)45)50-38-21-12-14-25-46(38)60-52(50)58/h6-26,29-32H,27-28H2,1-5H3. The normalized spacial score (nSPS) is 15.7. The highest BCUT2D eigenvalue weighted by Gasteiger charge is 2.48. The van der Waals surface area contributed by atoms with Gasteiger partial charge in [0.15, 0.2) is 0 Å². The minimum absolute atomic E-state index is 0.0312. The van der Waals surface area contributed by atoms with E-state index < -0.39 is 0 Å². The lowest BCUT2D eigenvalue weighted by Gasteiger charge is -2.44. The molecule has 0 unspecified atom stereocenters. The van der Waals surface area contributed by atoms with E-state index in [9.17, 15) is 0 Å². The Balaban J connectivity index is 1.20. The molecular formula is C55H44BN3OS. The Labute approximate surface area is 360 Å². The molecule has 2 aliphatic heterocycles. The molecule has 0 amide bonds. The number of hydrogen-bond donors (Lipinski definition) is 0. The number of anilines is 6. The van der Waals surface area contributed by atoms with Crippen LogP contribution in [-0.4, -0.2) is 11.3 Å². The molecule has 10 aromatic rings. The fourth-order valence-corrected chi connectivity index (χ4v) is 12.5. The van der Waals surface area contributed by atoms with Gasteiger partial charge in [0.25, 0.3) is 0 Å². The summed E-state index contributed by atoms with van der Waals surface area (Å²) in [7, 11) is 0. The Morgan fingerprint density at radius 2 is 1.23 bits per heavy atom. The monoisotopic (exact) mass is 805 g/mol. The molecule has 0 atom stereocenters. The van der Waals surface area contributed by atoms with Crippen molar-refractivity contribution in [1.29, 1.82) is 0 Å². The van der Waals surface area contributed by atoms with Crippen molar-refractivity contribution < 1.29 is 4.42 Å². The second kappa shape index (κ2) is 12.3. The Morgan fingerprint density at radius 3 is 1.97 bits per heavy atom. The summed E-state index contributed by atoms with van der Waals surface area (Å²) >= 11 is 1.92. The molecule has 294 valence electrons. The molecule has 1 aliphatic carbocycles. The lowest BCUT2D eigenvalue weighted by Crippen LogP contribution is -2.56. The summed E-state index contributed by atoms with van der Waals surface area (Å²) in [5.41, 5.74) is 17.2. The van der Waals surface area contributed by atoms with Crippen LogP contribution in [0.4, 0.5) is 34.3 Å². The average molecular weight is 806 g/mol. The van der Waals surface area contributed by atoms with Crippen molar-refractivity contribution in [3.63, 3.8) is 0 Å². The Morgan fingerprint density at radius 1 is 0.590 bits per heavy atom. The van der Waals surface area contributed by atoms with Gasteiger partial charge < -0.3 is 13.8 Å². The minimum Gasteiger partial charge on any atom is -0.440 e. The second-order valence-corrected chi connectivity index (χ2v) is 19.8. The van der Waals surface area contributed by atoms with Crippen LogP contribution in [0.25, 0.3) is 53.3 Å². The van der Waals surface area contributed by atoms with E-state index >= 15 is 0 Å². The van der Waals surface area contributed by atoms with Crippen LogP contribution in [0.1, 0.15) is 57.2 Å². The van der Waals surface area contributed by atoms with Crippen LogP contribution in [0.15, 0.2) is 156 Å². The molecule has 0 saturated heterocycles. The molecule has 0 radical (unpaired) electrons. The smallest absolute Gasteiger partial charge is 0.337 e. The number of aromatic nitrogens is 1. The molecule has 61 heavy (non-hydrogen) atoms. The van der Waals surface area contributed by atoms with Gasteiger partial charge in [-0.2, -0.15) is 0 Å². The highest BCUT2D eigenvalue weighted by molar-refractivity contribution is 7.26. The number of para-hydroxylation sites is 4. The number of nitrogens with zero attached hydrogens (tertiary/aromatic N) is 3. The van der Waals surface area contributed by atoms with E-state index in [-0.39, 0.29) is 17.7 Å². The third kappa shape index (κ3) is 4.77. The first-order valence-corrected chi connectivity index (χ1v) is 22.5. The first kappa shape index (κ1) is 35.3. The zero-order chi connectivity index (χ0) is 40.9. The molecule has 0 fully saturated rings. The maximum atomic E-state index is 7.31. The van der Waals surface area contributed by atoms with Crippen LogP contribution in [0.5, 0.6) is 0 Å². The highest BCUT2D eigenvalue weighted by atomic mass is 32.1. The molecule has 0 saturated carbocycles. The number of furan rings is 1. The first-order valence-electron chi connectivity index (χ1n) is 21.7. The van der Waals surface area contributed by atoms with Crippen molar-refractivity contribution in [2.24, 2.45) is 0 Å². The quantitative estimate of drug-likeness (QED) is 0.166. The summed E-state index contributed by atoms with van der Waals surface area (Å²) in [6, 6.07) is 56.2. The molecule has 5 heterocycles. The molecule has 3 aromatic heterocycles. The van der Waals surface area contributed by atoms with Crippen molar-refractivity contribution in [1.82, 2.24) is 4.48 Å². The molecule has 0 bridgehead atoms. The SMILES string of the molecule is Cc1cc2c(cc1N1c3cc(N(c4ccccc4)c4ccccc4)cc4c3B(c3c1oc1ccccc31)n1c3sc5ccccc5c3c3cccc-4c31)C(C)(C)CCC2(C)C. The largest absolute Gasteiger partial charge is 0.440 e. The molecule has 0 spiro atoms. The lowest BCUT2D eigenvalue weighted by atomic mass is 9.45. The third-order valence-electron chi connectivity index (χ3n) is 14.3. The van der Waals surface area contributed by atoms with Crippen LogP contribution in [0.3, 0.4) is 0 Å². The van der Waals surface area contributed by atoms with Crippen LogP contribution >= 0.6 is 11.3 Å². The van der Waals surface area contributed by atoms with Gasteiger partial charge in [-0.3, -0.25) is 4.90 Å². The van der Waals surface area contributed by atoms with Crippen molar-refractivity contribution in [2.45, 2.75) is 58.3 Å². The number of hydrogen-bond acceptors (Lipinski definition) is 4. The van der Waals surface area contributed by atoms with Crippen LogP contribution < -0.4 is 20.7 Å². The predicted octanol–water partition coefficient (Wildman–Crippen LogP) is 14.3. The highest BCUT2D eigenvalue weighted by Crippen LogP contribution is 2.54. The maximum Gasteiger partial charge on any atom is 0.337 e. The first-order chi connectivity index (χ1) is 29.7. The molecule has 13 rings (SSSR count). The summed E-state index contributed by atoms with van der Waals surface area (Å²) < 4.78 is 11.3. The van der Waals surface area contributed by atoms with Gasteiger partial charge in [0.1, 0.15) is 5.58 Å². The van der Waals surface area contributed by atoms with Gasteiger partial charge in [0.2, 0.25) is 5.88 Å². The van der Waals surface area contributed by atoms with Crippen LogP contribution in [-0.2, 0) is 10.8 Å². The zero-order valence-corrected chi connectivity index (χ0v) is 35.9. The van der Waals surface area contributed by atoms with Crippen molar-refractivity contribution in [3.8, 4) is 11.1 Å². The summed E-state index contributed by atoms with van der Waals surface area (Å²) in [6.45, 7) is 11.9. The van der Waals surface area contributed by atoms with Gasteiger partial charge in [0, 0.05) is 65.5 Å². The van der Waals surface area contributed by atoms with E-state index in [0.717, 1.165) is 46.0 Å². The van der Waals surface area contributed by atoms with Crippen molar-refractivity contribution >= 4 is 106 Å². The molecule has 4 nitrogen and oxygen atoms in total. The average Bonchev–Trinajstić information content (AvgIpc) is 3.95. The van der Waals surface area contributed by atoms with E-state index in [1.165, 1.54) is 82.1 Å². The molecule has 3 aliphatic rings. The summed E-state index contributed by atoms with van der Waals surface area (Å²) in [5.74, 6) is 0.902. The van der Waals surface area contributed by atoms with E-state index in [1.807, 2.05) is 11.3 Å². The number of benzene rings is 7. The Hall–Kier alpha value is -6.50. The Kier molecular flexibility index (Phi) is 7.11. The molecule has 6 heteroatoms. The van der Waals surface area contributed by atoms with Crippen molar-refractivity contribution in [2.75, 3.05) is 9.80 Å². The number of rotatable bonds is 4. The second-order valence-electron chi connectivity index (χ2n) is 18.8. The number of fused-ring (bicyclic) bond motifs is 12. The predicted molar refractivity (Wildman–Crippen MR) is 260 cm³/mol. The van der Waals surface area contributed by atoms with E-state index in [4.69, 9.17) is 4.42 Å². The molecule has 0 N–H and O–H groups in total. The lowest BCUT2D eigenvalue weighted by molar-refractivity contribution is 0.332. The van der Waals surface area contributed by atoms with Gasteiger partial charge in [-0.15, -0.1) is 11.3 Å². The molecular weight excluding hydrogens is 762 g/mol. The zero-order valence-electron chi connectivity index (χ0n) is 35.1. The number of aryl methyl sites for hydroxylation is 1. The van der Waals surface area contributed by atoms with Gasteiger partial charge in [-0.1, -0.05) is 125 Å². The summed E-state index contributed by atoms with van der Waals surface area (Å²) in [4.78, 5) is 6.23. The molecule has 7 aromatic carbocycles. The summed E-state index contributed by atoms with van der Waals surface area (Å²) in [5, 5.41) is 5.13.